The lowest BCUT2D eigenvalue weighted by Crippen LogP contribution is -2.30. The van der Waals surface area contributed by atoms with Crippen LogP contribution in [0.25, 0.3) is 0 Å². The van der Waals surface area contributed by atoms with Gasteiger partial charge in [0.1, 0.15) is 17.6 Å². The van der Waals surface area contributed by atoms with E-state index >= 15 is 0 Å². The molecule has 204 valence electrons. The second kappa shape index (κ2) is 13.2. The van der Waals surface area contributed by atoms with Gasteiger partial charge in [-0.25, -0.2) is 9.78 Å². The number of carbonyl (C=O) groups excluding carboxylic acids is 2. The number of methoxy groups -OCH3 is 1. The quantitative estimate of drug-likeness (QED) is 0.353. The van der Waals surface area contributed by atoms with Crippen molar-refractivity contribution in [1.29, 1.82) is 0 Å². The van der Waals surface area contributed by atoms with E-state index < -0.39 is 19.6 Å². The van der Waals surface area contributed by atoms with Gasteiger partial charge in [-0.15, -0.1) is 11.3 Å². The number of ether oxygens (including phenoxy) is 3. The molecule has 1 aromatic heterocycles. The third-order valence-corrected chi connectivity index (χ3v) is 8.00. The number of benzene rings is 1. The highest BCUT2D eigenvalue weighted by Gasteiger charge is 2.29. The number of amides is 2. The summed E-state index contributed by atoms with van der Waals surface area (Å²) in [5.41, 5.74) is 0.824. The predicted octanol–water partition coefficient (Wildman–Crippen LogP) is 5.17. The van der Waals surface area contributed by atoms with Crippen molar-refractivity contribution in [3.8, 4) is 11.5 Å². The molecule has 0 aliphatic carbocycles. The summed E-state index contributed by atoms with van der Waals surface area (Å²) in [5.74, 6) is 0.532. The van der Waals surface area contributed by atoms with Crippen LogP contribution in [0, 0.1) is 0 Å². The average Bonchev–Trinajstić information content (AvgIpc) is 3.47. The minimum Gasteiger partial charge on any atom is -0.491 e. The molecular weight excluding hydrogens is 521 g/mol. The van der Waals surface area contributed by atoms with Crippen molar-refractivity contribution in [1.82, 2.24) is 9.88 Å². The Hall–Kier alpha value is -2.66. The molecule has 1 N–H and O–H groups in total. The zero-order valence-corrected chi connectivity index (χ0v) is 23.4. The van der Waals surface area contributed by atoms with Gasteiger partial charge in [-0.05, 0) is 39.8 Å². The van der Waals surface area contributed by atoms with E-state index in [4.69, 9.17) is 23.3 Å². The maximum absolute atomic E-state index is 13.1. The number of hydrogen-bond donors (Lipinski definition) is 1. The van der Waals surface area contributed by atoms with Crippen LogP contribution in [0.5, 0.6) is 11.5 Å². The van der Waals surface area contributed by atoms with Crippen molar-refractivity contribution in [2.75, 3.05) is 38.7 Å². The molecule has 1 aliphatic rings. The van der Waals surface area contributed by atoms with Crippen LogP contribution in [-0.4, -0.2) is 67.5 Å². The topological polar surface area (TPSA) is 126 Å². The van der Waals surface area contributed by atoms with Crippen molar-refractivity contribution in [3.63, 3.8) is 0 Å². The highest BCUT2D eigenvalue weighted by atomic mass is 32.1. The number of likely N-dealkylation sites (tertiary alicyclic amines) is 1. The lowest BCUT2D eigenvalue weighted by Gasteiger charge is -2.18. The first-order valence-electron chi connectivity index (χ1n) is 12.1. The number of anilines is 1. The van der Waals surface area contributed by atoms with Crippen LogP contribution in [0.2, 0.25) is 0 Å². The zero-order valence-electron chi connectivity index (χ0n) is 21.7. The SMILES string of the molecule is CCOP(=O)(Cc1csc(NC(=O)c2cc(OC(C)C)cc(O[C@@H]3CCN(C(=O)OC)C3)c2)n1)OCC. The van der Waals surface area contributed by atoms with Crippen LogP contribution in [0.1, 0.15) is 50.2 Å². The lowest BCUT2D eigenvalue weighted by atomic mass is 10.2. The van der Waals surface area contributed by atoms with Gasteiger partial charge in [-0.3, -0.25) is 14.7 Å². The van der Waals surface area contributed by atoms with Gasteiger partial charge in [0.05, 0.1) is 44.8 Å². The van der Waals surface area contributed by atoms with Gasteiger partial charge in [-0.1, -0.05) is 0 Å². The summed E-state index contributed by atoms with van der Waals surface area (Å²) in [5, 5.41) is 4.83. The fraction of sp³-hybridized carbons (Fsp3) is 0.542. The summed E-state index contributed by atoms with van der Waals surface area (Å²) in [6.07, 6.45) is -0.0932. The fourth-order valence-corrected chi connectivity index (χ4v) is 6.18. The van der Waals surface area contributed by atoms with Crippen molar-refractivity contribution in [2.24, 2.45) is 0 Å². The van der Waals surface area contributed by atoms with Gasteiger partial charge in [0.2, 0.25) is 0 Å². The first kappa shape index (κ1) is 28.9. The van der Waals surface area contributed by atoms with Crippen LogP contribution in [-0.2, 0) is 24.5 Å². The smallest absolute Gasteiger partial charge is 0.409 e. The second-order valence-electron chi connectivity index (χ2n) is 8.51. The van der Waals surface area contributed by atoms with Crippen LogP contribution in [0.4, 0.5) is 9.93 Å². The molecule has 0 saturated carbocycles. The Labute approximate surface area is 220 Å². The first-order chi connectivity index (χ1) is 17.6. The largest absolute Gasteiger partial charge is 0.491 e. The Morgan fingerprint density at radius 2 is 1.89 bits per heavy atom. The minimum absolute atomic E-state index is 0.0146. The molecule has 0 unspecified atom stereocenters. The van der Waals surface area contributed by atoms with E-state index in [0.29, 0.717) is 47.4 Å². The Bertz CT molecular complexity index is 1120. The molecule has 13 heteroatoms. The number of aromatic nitrogens is 1. The molecule has 37 heavy (non-hydrogen) atoms. The number of nitrogens with one attached hydrogen (secondary N) is 1. The summed E-state index contributed by atoms with van der Waals surface area (Å²) in [6.45, 7) is 8.69. The molecule has 2 heterocycles. The maximum Gasteiger partial charge on any atom is 0.409 e. The van der Waals surface area contributed by atoms with Gasteiger partial charge in [0, 0.05) is 30.0 Å². The van der Waals surface area contributed by atoms with Gasteiger partial charge in [-0.2, -0.15) is 0 Å². The Morgan fingerprint density at radius 1 is 1.19 bits per heavy atom. The Kier molecular flexibility index (Phi) is 10.3. The van der Waals surface area contributed by atoms with E-state index in [1.807, 2.05) is 13.8 Å². The minimum atomic E-state index is -3.31. The van der Waals surface area contributed by atoms with Gasteiger partial charge in [0.15, 0.2) is 5.13 Å². The van der Waals surface area contributed by atoms with E-state index in [0.717, 1.165) is 0 Å². The second-order valence-corrected chi connectivity index (χ2v) is 11.4. The van der Waals surface area contributed by atoms with Crippen molar-refractivity contribution >= 4 is 36.1 Å². The van der Waals surface area contributed by atoms with Crippen LogP contribution in [0.3, 0.4) is 0 Å². The van der Waals surface area contributed by atoms with E-state index in [9.17, 15) is 14.2 Å². The van der Waals surface area contributed by atoms with Crippen LogP contribution in [0.15, 0.2) is 23.6 Å². The molecule has 2 aromatic rings. The van der Waals surface area contributed by atoms with E-state index in [2.05, 4.69) is 10.3 Å². The van der Waals surface area contributed by atoms with Gasteiger partial charge >= 0.3 is 13.7 Å². The summed E-state index contributed by atoms with van der Waals surface area (Å²) >= 11 is 1.21. The molecule has 0 bridgehead atoms. The summed E-state index contributed by atoms with van der Waals surface area (Å²) in [4.78, 5) is 30.8. The maximum atomic E-state index is 13.1. The van der Waals surface area contributed by atoms with E-state index in [1.165, 1.54) is 18.4 Å². The average molecular weight is 556 g/mol. The third kappa shape index (κ3) is 8.43. The highest BCUT2D eigenvalue weighted by Crippen LogP contribution is 2.51. The zero-order chi connectivity index (χ0) is 27.0. The van der Waals surface area contributed by atoms with Gasteiger partial charge < -0.3 is 28.2 Å². The standard InChI is InChI=1S/C24H34N3O8PS/c1-6-32-36(30,33-7-2)14-18-15-37-23(25-18)26-22(28)17-10-20(34-16(3)4)12-21(11-17)35-19-8-9-27(13-19)24(29)31-5/h10-12,15-16,19H,6-9,13-14H2,1-5H3,(H,25,26,28)/t19-/m1/s1. The highest BCUT2D eigenvalue weighted by molar-refractivity contribution is 7.53. The lowest BCUT2D eigenvalue weighted by molar-refractivity contribution is 0.102. The number of rotatable bonds is 12. The van der Waals surface area contributed by atoms with Crippen LogP contribution >= 0.6 is 18.9 Å². The number of nitrogens with zero attached hydrogens (tertiary/aromatic N) is 2. The molecule has 11 nitrogen and oxygen atoms in total. The molecule has 1 fully saturated rings. The third-order valence-electron chi connectivity index (χ3n) is 5.17. The number of carbonyl (C=O) groups is 2. The molecule has 1 saturated heterocycles. The van der Waals surface area contributed by atoms with E-state index in [1.54, 1.807) is 42.3 Å². The first-order valence-corrected chi connectivity index (χ1v) is 14.7. The van der Waals surface area contributed by atoms with Crippen molar-refractivity contribution in [3.05, 3.63) is 34.8 Å². The summed E-state index contributed by atoms with van der Waals surface area (Å²) in [7, 11) is -1.97. The van der Waals surface area contributed by atoms with E-state index in [-0.39, 0.29) is 31.6 Å². The molecule has 1 aromatic carbocycles. The normalized spacial score (nSPS) is 15.6. The van der Waals surface area contributed by atoms with Crippen molar-refractivity contribution in [2.45, 2.75) is 52.5 Å². The van der Waals surface area contributed by atoms with Gasteiger partial charge in [0.25, 0.3) is 5.91 Å². The molecule has 1 aliphatic heterocycles. The molecule has 3 rings (SSSR count). The summed E-state index contributed by atoms with van der Waals surface area (Å²) < 4.78 is 40.1. The molecular formula is C24H34N3O8PS. The molecule has 0 radical (unpaired) electrons. The van der Waals surface area contributed by atoms with Crippen molar-refractivity contribution < 1.29 is 37.4 Å². The number of hydrogen-bond acceptors (Lipinski definition) is 10. The fourth-order valence-electron chi connectivity index (χ4n) is 3.75. The molecule has 0 spiro atoms. The predicted molar refractivity (Wildman–Crippen MR) is 140 cm³/mol. The Balaban J connectivity index is 1.73. The molecule has 1 atom stereocenters. The Morgan fingerprint density at radius 3 is 2.54 bits per heavy atom. The monoisotopic (exact) mass is 555 g/mol. The number of thiazole rings is 1. The van der Waals surface area contributed by atoms with Crippen LogP contribution < -0.4 is 14.8 Å². The summed E-state index contributed by atoms with van der Waals surface area (Å²) in [6, 6.07) is 4.97. The molecule has 2 amide bonds.